The second-order valence-corrected chi connectivity index (χ2v) is 11.6. The summed E-state index contributed by atoms with van der Waals surface area (Å²) in [6.07, 6.45) is 21.3. The Morgan fingerprint density at radius 3 is 1.73 bits per heavy atom. The van der Waals surface area contributed by atoms with Gasteiger partial charge in [0.25, 0.3) is 0 Å². The molecule has 1 aromatic carbocycles. The van der Waals surface area contributed by atoms with Gasteiger partial charge in [0.15, 0.2) is 0 Å². The highest BCUT2D eigenvalue weighted by molar-refractivity contribution is 7.99. The van der Waals surface area contributed by atoms with Crippen LogP contribution in [-0.2, 0) is 20.0 Å². The number of ether oxygens (including phenoxy) is 2. The van der Waals surface area contributed by atoms with E-state index < -0.39 is 0 Å². The molecule has 37 heavy (non-hydrogen) atoms. The minimum absolute atomic E-state index is 0.0363. The van der Waals surface area contributed by atoms with E-state index >= 15 is 0 Å². The molecular formula is C32H57NO3S. The summed E-state index contributed by atoms with van der Waals surface area (Å²) in [5, 5.41) is 3.19. The van der Waals surface area contributed by atoms with Crippen LogP contribution in [0.1, 0.15) is 122 Å². The summed E-state index contributed by atoms with van der Waals surface area (Å²) in [5.74, 6) is 1.02. The van der Waals surface area contributed by atoms with Crippen molar-refractivity contribution >= 4 is 17.7 Å². The van der Waals surface area contributed by atoms with E-state index in [9.17, 15) is 4.79 Å². The second kappa shape index (κ2) is 26.6. The molecule has 1 amide bonds. The highest BCUT2D eigenvalue weighted by Gasteiger charge is 2.11. The summed E-state index contributed by atoms with van der Waals surface area (Å²) in [4.78, 5) is 10.9. The van der Waals surface area contributed by atoms with Crippen molar-refractivity contribution in [3.05, 3.63) is 35.9 Å². The number of nitrogens with one attached hydrogen (secondary N) is 1. The average molecular weight is 536 g/mol. The molecule has 0 saturated carbocycles. The maximum absolute atomic E-state index is 10.9. The number of carbonyl (C=O) groups excluding carboxylic acids is 1. The van der Waals surface area contributed by atoms with Gasteiger partial charge in [-0.2, -0.15) is 0 Å². The second-order valence-electron chi connectivity index (χ2n) is 10.4. The summed E-state index contributed by atoms with van der Waals surface area (Å²) < 4.78 is 12.0. The van der Waals surface area contributed by atoms with Crippen LogP contribution in [0.3, 0.4) is 0 Å². The first-order valence-corrected chi connectivity index (χ1v) is 16.3. The van der Waals surface area contributed by atoms with Gasteiger partial charge in [-0.3, -0.25) is 4.79 Å². The molecule has 0 bridgehead atoms. The summed E-state index contributed by atoms with van der Waals surface area (Å²) in [6, 6.07) is 10.6. The number of unbranched alkanes of at least 4 members (excludes halogenated alkanes) is 14. The summed E-state index contributed by atoms with van der Waals surface area (Å²) >= 11 is 1.93. The number of carbonyl (C=O) groups is 1. The molecule has 1 unspecified atom stereocenters. The molecule has 4 nitrogen and oxygen atoms in total. The van der Waals surface area contributed by atoms with E-state index in [1.807, 2.05) is 11.8 Å². The molecule has 0 saturated heterocycles. The van der Waals surface area contributed by atoms with Gasteiger partial charge in [-0.15, -0.1) is 11.8 Å². The molecule has 5 heteroatoms. The Hall–Kier alpha value is -1.04. The molecule has 1 atom stereocenters. The van der Waals surface area contributed by atoms with Gasteiger partial charge >= 0.3 is 0 Å². The van der Waals surface area contributed by atoms with E-state index in [1.54, 1.807) is 6.92 Å². The van der Waals surface area contributed by atoms with Gasteiger partial charge in [-0.05, 0) is 24.8 Å². The van der Waals surface area contributed by atoms with Crippen LogP contribution >= 0.6 is 11.8 Å². The van der Waals surface area contributed by atoms with Crippen molar-refractivity contribution in [2.24, 2.45) is 0 Å². The summed E-state index contributed by atoms with van der Waals surface area (Å²) in [7, 11) is 0. The number of amides is 1. The third kappa shape index (κ3) is 23.8. The topological polar surface area (TPSA) is 47.6 Å². The van der Waals surface area contributed by atoms with Gasteiger partial charge < -0.3 is 14.8 Å². The number of rotatable bonds is 27. The fraction of sp³-hybridized carbons (Fsp3) is 0.781. The average Bonchev–Trinajstić information content (AvgIpc) is 2.90. The molecule has 1 N–H and O–H groups in total. The molecular weight excluding hydrogens is 478 g/mol. The molecule has 0 aliphatic carbocycles. The van der Waals surface area contributed by atoms with Crippen LogP contribution in [-0.4, -0.2) is 44.1 Å². The van der Waals surface area contributed by atoms with Crippen molar-refractivity contribution in [1.29, 1.82) is 0 Å². The Balaban J connectivity index is 2.03. The molecule has 0 aliphatic heterocycles. The zero-order valence-corrected chi connectivity index (χ0v) is 25.0. The first-order valence-electron chi connectivity index (χ1n) is 15.3. The molecule has 0 aromatic heterocycles. The Bertz CT molecular complexity index is 613. The van der Waals surface area contributed by atoms with Gasteiger partial charge in [-0.1, -0.05) is 121 Å². The van der Waals surface area contributed by atoms with Crippen molar-refractivity contribution in [3.8, 4) is 0 Å². The number of hydrogen-bond donors (Lipinski definition) is 1. The van der Waals surface area contributed by atoms with Crippen molar-refractivity contribution < 1.29 is 14.3 Å². The largest absolute Gasteiger partial charge is 0.380 e. The van der Waals surface area contributed by atoms with E-state index in [-0.39, 0.29) is 5.91 Å². The Labute approximate surface area is 233 Å². The molecule has 1 rings (SSSR count). The van der Waals surface area contributed by atoms with Crippen LogP contribution < -0.4 is 5.32 Å². The van der Waals surface area contributed by atoms with Crippen molar-refractivity contribution in [2.75, 3.05) is 33.0 Å². The minimum atomic E-state index is 0.0363. The van der Waals surface area contributed by atoms with E-state index in [2.05, 4.69) is 42.6 Å². The molecule has 214 valence electrons. The quantitative estimate of drug-likeness (QED) is 0.114. The predicted octanol–water partition coefficient (Wildman–Crippen LogP) is 8.72. The van der Waals surface area contributed by atoms with E-state index in [4.69, 9.17) is 9.47 Å². The molecule has 0 spiro atoms. The van der Waals surface area contributed by atoms with Gasteiger partial charge in [0.05, 0.1) is 18.5 Å². The highest BCUT2D eigenvalue weighted by atomic mass is 32.2. The van der Waals surface area contributed by atoms with Gasteiger partial charge in [-0.25, -0.2) is 0 Å². The molecule has 0 radical (unpaired) electrons. The van der Waals surface area contributed by atoms with Gasteiger partial charge in [0, 0.05) is 32.4 Å². The monoisotopic (exact) mass is 535 g/mol. The van der Waals surface area contributed by atoms with Crippen LogP contribution in [0, 0.1) is 0 Å². The summed E-state index contributed by atoms with van der Waals surface area (Å²) in [6.45, 7) is 7.64. The Morgan fingerprint density at radius 1 is 0.730 bits per heavy atom. The number of hydrogen-bond acceptors (Lipinski definition) is 4. The van der Waals surface area contributed by atoms with E-state index in [0.29, 0.717) is 5.25 Å². The minimum Gasteiger partial charge on any atom is -0.380 e. The van der Waals surface area contributed by atoms with Crippen molar-refractivity contribution in [1.82, 2.24) is 5.32 Å². The lowest BCUT2D eigenvalue weighted by atomic mass is 10.0. The fourth-order valence-electron chi connectivity index (χ4n) is 4.35. The zero-order chi connectivity index (χ0) is 26.7. The normalized spacial score (nSPS) is 12.1. The number of thioether (sulfide) groups is 1. The maximum atomic E-state index is 10.9. The SMILES string of the molecule is CCCCCCCCCCCCCCCCOCC(COCCCCNC(C)=O)SCc1ccccc1. The number of benzene rings is 1. The highest BCUT2D eigenvalue weighted by Crippen LogP contribution is 2.19. The standard InChI is InChI=1S/C32H57NO3S/c1-3-4-5-6-7-8-9-10-11-12-13-14-15-20-25-35-27-32(37-29-31-22-17-16-18-23-31)28-36-26-21-19-24-33-30(2)34/h16-18,22-23,32H,3-15,19-21,24-29H2,1-2H3,(H,33,34). The fourth-order valence-corrected chi connectivity index (χ4v) is 5.36. The first kappa shape index (κ1) is 34.0. The smallest absolute Gasteiger partial charge is 0.216 e. The maximum Gasteiger partial charge on any atom is 0.216 e. The lowest BCUT2D eigenvalue weighted by Crippen LogP contribution is -2.22. The zero-order valence-electron chi connectivity index (χ0n) is 24.2. The van der Waals surface area contributed by atoms with Crippen LogP contribution in [0.4, 0.5) is 0 Å². The van der Waals surface area contributed by atoms with Crippen LogP contribution in [0.2, 0.25) is 0 Å². The van der Waals surface area contributed by atoms with E-state index in [0.717, 1.165) is 58.0 Å². The third-order valence-corrected chi connectivity index (χ3v) is 7.91. The molecule has 1 aromatic rings. The lowest BCUT2D eigenvalue weighted by Gasteiger charge is -2.17. The third-order valence-electron chi connectivity index (χ3n) is 6.67. The summed E-state index contributed by atoms with van der Waals surface area (Å²) in [5.41, 5.74) is 1.35. The van der Waals surface area contributed by atoms with Crippen LogP contribution in [0.5, 0.6) is 0 Å². The predicted molar refractivity (Wildman–Crippen MR) is 161 cm³/mol. The van der Waals surface area contributed by atoms with Crippen LogP contribution in [0.15, 0.2) is 30.3 Å². The molecule has 0 heterocycles. The Kier molecular flexibility index (Phi) is 24.4. The van der Waals surface area contributed by atoms with Crippen molar-refractivity contribution in [3.63, 3.8) is 0 Å². The molecule has 0 fully saturated rings. The van der Waals surface area contributed by atoms with Gasteiger partial charge in [0.2, 0.25) is 5.91 Å². The van der Waals surface area contributed by atoms with E-state index in [1.165, 1.54) is 89.0 Å². The Morgan fingerprint density at radius 2 is 1.22 bits per heavy atom. The van der Waals surface area contributed by atoms with Crippen molar-refractivity contribution in [2.45, 2.75) is 128 Å². The first-order chi connectivity index (χ1) is 18.2. The molecule has 0 aliphatic rings. The van der Waals surface area contributed by atoms with Crippen LogP contribution in [0.25, 0.3) is 0 Å². The van der Waals surface area contributed by atoms with Gasteiger partial charge in [0.1, 0.15) is 0 Å². The lowest BCUT2D eigenvalue weighted by molar-refractivity contribution is -0.118.